The molecule has 5 nitrogen and oxygen atoms in total. The van der Waals surface area contributed by atoms with Crippen LogP contribution in [-0.4, -0.2) is 16.2 Å². The topological polar surface area (TPSA) is 64.2 Å². The van der Waals surface area contributed by atoms with Gasteiger partial charge in [-0.25, -0.2) is 4.79 Å². The second kappa shape index (κ2) is 11.0. The lowest BCUT2D eigenvalue weighted by Crippen LogP contribution is -2.06. The van der Waals surface area contributed by atoms with Crippen LogP contribution < -0.4 is 9.47 Å². The van der Waals surface area contributed by atoms with Gasteiger partial charge in [0.2, 0.25) is 0 Å². The first-order valence-electron chi connectivity index (χ1n) is 12.5. The predicted octanol–water partition coefficient (Wildman–Crippen LogP) is 8.12. The number of carbonyl (C=O) groups is 1. The number of esters is 1. The molecule has 0 radical (unpaired) electrons. The van der Waals surface area contributed by atoms with E-state index in [1.807, 2.05) is 72.9 Å². The third-order valence-corrected chi connectivity index (χ3v) is 6.42. The predicted molar refractivity (Wildman–Crippen MR) is 152 cm³/mol. The van der Waals surface area contributed by atoms with Gasteiger partial charge in [0.25, 0.3) is 0 Å². The highest BCUT2D eigenvalue weighted by atomic mass is 16.5. The Hall–Kier alpha value is -4.90. The van der Waals surface area contributed by atoms with E-state index in [0.717, 1.165) is 62.2 Å². The molecule has 0 aliphatic rings. The molecule has 0 aliphatic heterocycles. The SMILES string of the molecule is C=CC(=O)Oc1ccccc1/C(=C(\CC)c1ccc(Oc2ccccc2)cc1C)c1ccc2[nH]ncc2c1. The molecular weight excluding hydrogens is 472 g/mol. The smallest absolute Gasteiger partial charge is 0.335 e. The molecule has 1 N–H and O–H groups in total. The summed E-state index contributed by atoms with van der Waals surface area (Å²) < 4.78 is 11.8. The number of aromatic nitrogens is 2. The number of nitrogens with zero attached hydrogens (tertiary/aromatic N) is 1. The zero-order valence-electron chi connectivity index (χ0n) is 21.4. The highest BCUT2D eigenvalue weighted by Gasteiger charge is 2.20. The molecule has 1 heterocycles. The van der Waals surface area contributed by atoms with Gasteiger partial charge in [0.05, 0.1) is 11.7 Å². The molecule has 0 unspecified atom stereocenters. The minimum Gasteiger partial charge on any atom is -0.457 e. The second-order valence-corrected chi connectivity index (χ2v) is 8.89. The van der Waals surface area contributed by atoms with Crippen LogP contribution in [-0.2, 0) is 4.79 Å². The number of ether oxygens (including phenoxy) is 2. The molecule has 0 saturated heterocycles. The normalized spacial score (nSPS) is 11.6. The van der Waals surface area contributed by atoms with Gasteiger partial charge >= 0.3 is 5.97 Å². The quantitative estimate of drug-likeness (QED) is 0.101. The number of hydrogen-bond donors (Lipinski definition) is 1. The van der Waals surface area contributed by atoms with Crippen molar-refractivity contribution in [1.29, 1.82) is 0 Å². The van der Waals surface area contributed by atoms with Crippen molar-refractivity contribution in [3.63, 3.8) is 0 Å². The molecule has 0 fully saturated rings. The Labute approximate surface area is 222 Å². The molecule has 0 atom stereocenters. The van der Waals surface area contributed by atoms with E-state index >= 15 is 0 Å². The third kappa shape index (κ3) is 5.13. The van der Waals surface area contributed by atoms with Crippen molar-refractivity contribution in [3.8, 4) is 17.2 Å². The van der Waals surface area contributed by atoms with Gasteiger partial charge in [-0.3, -0.25) is 5.10 Å². The van der Waals surface area contributed by atoms with Crippen molar-refractivity contribution in [2.24, 2.45) is 0 Å². The fraction of sp³-hybridized carbons (Fsp3) is 0.0909. The first kappa shape index (κ1) is 24.8. The van der Waals surface area contributed by atoms with E-state index in [-0.39, 0.29) is 0 Å². The molecular formula is C33H28N2O3. The second-order valence-electron chi connectivity index (χ2n) is 8.89. The number of aryl methyl sites for hydroxylation is 1. The summed E-state index contributed by atoms with van der Waals surface area (Å²) in [4.78, 5) is 12.2. The van der Waals surface area contributed by atoms with Crippen LogP contribution >= 0.6 is 0 Å². The summed E-state index contributed by atoms with van der Waals surface area (Å²) in [6.07, 6.45) is 3.74. The summed E-state index contributed by atoms with van der Waals surface area (Å²) in [5.41, 5.74) is 7.07. The molecule has 5 aromatic rings. The number of fused-ring (bicyclic) bond motifs is 1. The van der Waals surface area contributed by atoms with Crippen LogP contribution in [0, 0.1) is 6.92 Å². The number of para-hydroxylation sites is 2. The fourth-order valence-corrected chi connectivity index (χ4v) is 4.67. The Bertz CT molecular complexity index is 1650. The van der Waals surface area contributed by atoms with Gasteiger partial charge in [0.15, 0.2) is 0 Å². The van der Waals surface area contributed by atoms with E-state index < -0.39 is 5.97 Å². The number of H-pyrrole nitrogens is 1. The summed E-state index contributed by atoms with van der Waals surface area (Å²) in [6.45, 7) is 7.78. The summed E-state index contributed by atoms with van der Waals surface area (Å²) in [5, 5.41) is 8.21. The first-order chi connectivity index (χ1) is 18.6. The number of hydrogen-bond acceptors (Lipinski definition) is 4. The highest BCUT2D eigenvalue weighted by Crippen LogP contribution is 2.41. The van der Waals surface area contributed by atoms with Crippen molar-refractivity contribution in [3.05, 3.63) is 132 Å². The van der Waals surface area contributed by atoms with E-state index in [1.165, 1.54) is 6.08 Å². The number of nitrogens with one attached hydrogen (secondary N) is 1. The van der Waals surface area contributed by atoms with Gasteiger partial charge in [0.1, 0.15) is 17.2 Å². The van der Waals surface area contributed by atoms with E-state index in [4.69, 9.17) is 9.47 Å². The zero-order chi connectivity index (χ0) is 26.5. The van der Waals surface area contributed by atoms with Crippen molar-refractivity contribution in [2.75, 3.05) is 0 Å². The van der Waals surface area contributed by atoms with E-state index in [9.17, 15) is 4.79 Å². The summed E-state index contributed by atoms with van der Waals surface area (Å²) in [5.74, 6) is 1.54. The molecule has 188 valence electrons. The summed E-state index contributed by atoms with van der Waals surface area (Å²) in [6, 6.07) is 29.7. The van der Waals surface area contributed by atoms with Gasteiger partial charge in [0, 0.05) is 17.0 Å². The van der Waals surface area contributed by atoms with Crippen molar-refractivity contribution in [2.45, 2.75) is 20.3 Å². The number of carbonyl (C=O) groups excluding carboxylic acids is 1. The van der Waals surface area contributed by atoms with Crippen LogP contribution in [0.15, 0.2) is 110 Å². The average Bonchev–Trinajstić information content (AvgIpc) is 3.41. The highest BCUT2D eigenvalue weighted by molar-refractivity contribution is 6.02. The van der Waals surface area contributed by atoms with E-state index in [1.54, 1.807) is 0 Å². The largest absolute Gasteiger partial charge is 0.457 e. The zero-order valence-corrected chi connectivity index (χ0v) is 21.4. The van der Waals surface area contributed by atoms with Gasteiger partial charge in [-0.2, -0.15) is 5.10 Å². The Balaban J connectivity index is 1.69. The van der Waals surface area contributed by atoms with Crippen LogP contribution in [0.3, 0.4) is 0 Å². The first-order valence-corrected chi connectivity index (χ1v) is 12.5. The molecule has 0 aliphatic carbocycles. The minimum absolute atomic E-state index is 0.479. The van der Waals surface area contributed by atoms with Gasteiger partial charge in [-0.05, 0) is 83.6 Å². The number of allylic oxidation sites excluding steroid dienone is 1. The maximum Gasteiger partial charge on any atom is 0.335 e. The monoisotopic (exact) mass is 500 g/mol. The molecule has 0 amide bonds. The number of rotatable bonds is 8. The number of aromatic amines is 1. The standard InChI is InChI=1S/C33H28N2O3/c1-4-27(28-17-16-26(19-22(28)3)37-25-11-7-6-8-12-25)33(23-15-18-30-24(20-23)21-34-35-30)29-13-9-10-14-31(29)38-32(36)5-2/h5-21H,2,4H2,1,3H3,(H,34,35)/b33-27+. The Morgan fingerprint density at radius 2 is 1.71 bits per heavy atom. The maximum absolute atomic E-state index is 12.2. The lowest BCUT2D eigenvalue weighted by Gasteiger charge is -2.20. The molecule has 5 rings (SSSR count). The molecule has 5 heteroatoms. The van der Waals surface area contributed by atoms with E-state index in [0.29, 0.717) is 5.75 Å². The lowest BCUT2D eigenvalue weighted by atomic mass is 9.86. The van der Waals surface area contributed by atoms with Crippen molar-refractivity contribution < 1.29 is 14.3 Å². The van der Waals surface area contributed by atoms with Gasteiger partial charge < -0.3 is 9.47 Å². The Morgan fingerprint density at radius 1 is 0.921 bits per heavy atom. The Kier molecular flexibility index (Phi) is 7.18. The Morgan fingerprint density at radius 3 is 2.47 bits per heavy atom. The van der Waals surface area contributed by atoms with Crippen LogP contribution in [0.1, 0.15) is 35.6 Å². The molecule has 0 saturated carbocycles. The molecule has 4 aromatic carbocycles. The fourth-order valence-electron chi connectivity index (χ4n) is 4.67. The van der Waals surface area contributed by atoms with Crippen LogP contribution in [0.2, 0.25) is 0 Å². The lowest BCUT2D eigenvalue weighted by molar-refractivity contribution is -0.128. The van der Waals surface area contributed by atoms with Crippen LogP contribution in [0.5, 0.6) is 17.2 Å². The molecule has 1 aromatic heterocycles. The third-order valence-electron chi connectivity index (χ3n) is 6.42. The number of benzene rings is 4. The average molecular weight is 501 g/mol. The van der Waals surface area contributed by atoms with Gasteiger partial charge in [-0.15, -0.1) is 0 Å². The molecule has 38 heavy (non-hydrogen) atoms. The van der Waals surface area contributed by atoms with Crippen molar-refractivity contribution >= 4 is 28.0 Å². The van der Waals surface area contributed by atoms with E-state index in [2.05, 4.69) is 54.9 Å². The summed E-state index contributed by atoms with van der Waals surface area (Å²) >= 11 is 0. The molecule has 0 spiro atoms. The minimum atomic E-state index is -0.501. The van der Waals surface area contributed by atoms with Crippen LogP contribution in [0.25, 0.3) is 22.0 Å². The van der Waals surface area contributed by atoms with Crippen molar-refractivity contribution in [1.82, 2.24) is 10.2 Å². The van der Waals surface area contributed by atoms with Crippen LogP contribution in [0.4, 0.5) is 0 Å². The maximum atomic E-state index is 12.2. The summed E-state index contributed by atoms with van der Waals surface area (Å²) in [7, 11) is 0. The molecule has 0 bridgehead atoms. The van der Waals surface area contributed by atoms with Gasteiger partial charge in [-0.1, -0.05) is 62.0 Å².